The highest BCUT2D eigenvalue weighted by atomic mass is 16.5. The Hall–Kier alpha value is -3.74. The molecule has 1 amide bonds. The second kappa shape index (κ2) is 9.38. The lowest BCUT2D eigenvalue weighted by Gasteiger charge is -2.18. The number of para-hydroxylation sites is 1. The van der Waals surface area contributed by atoms with Crippen LogP contribution in [0.3, 0.4) is 0 Å². The van der Waals surface area contributed by atoms with Crippen LogP contribution in [0.1, 0.15) is 25.0 Å². The normalized spacial score (nSPS) is 14.9. The molecule has 162 valence electrons. The lowest BCUT2D eigenvalue weighted by Crippen LogP contribution is -2.24. The summed E-state index contributed by atoms with van der Waals surface area (Å²) in [4.78, 5) is 27.3. The quantitative estimate of drug-likeness (QED) is 0.540. The minimum Gasteiger partial charge on any atom is -0.504 e. The van der Waals surface area contributed by atoms with Crippen LogP contribution in [0.25, 0.3) is 6.08 Å². The molecule has 0 bridgehead atoms. The van der Waals surface area contributed by atoms with E-state index in [9.17, 15) is 14.7 Å². The number of esters is 1. The lowest BCUT2D eigenvalue weighted by molar-refractivity contribution is -0.136. The van der Waals surface area contributed by atoms with Crippen molar-refractivity contribution in [2.24, 2.45) is 0 Å². The van der Waals surface area contributed by atoms with E-state index in [1.54, 1.807) is 32.2 Å². The number of phenolic OH excluding ortho intramolecular Hbond substituents is 1. The summed E-state index contributed by atoms with van der Waals surface area (Å²) in [6.07, 6.45) is 1.49. The minimum atomic E-state index is -0.616. The van der Waals surface area contributed by atoms with Gasteiger partial charge < -0.3 is 24.2 Å². The average Bonchev–Trinajstić information content (AvgIpc) is 3.00. The first-order valence-electron chi connectivity index (χ1n) is 9.82. The molecule has 1 heterocycles. The van der Waals surface area contributed by atoms with Crippen LogP contribution in [0.15, 0.2) is 59.3 Å². The van der Waals surface area contributed by atoms with E-state index in [2.05, 4.69) is 0 Å². The topological polar surface area (TPSA) is 85.3 Å². The Kier molecular flexibility index (Phi) is 6.65. The Bertz CT molecular complexity index is 1050. The van der Waals surface area contributed by atoms with Crippen LogP contribution < -0.4 is 9.47 Å². The molecule has 3 rings (SSSR count). The fraction of sp³-hybridized carbons (Fsp3) is 0.250. The highest BCUT2D eigenvalue weighted by molar-refractivity contribution is 6.16. The summed E-state index contributed by atoms with van der Waals surface area (Å²) in [6.45, 7) is 4.17. The van der Waals surface area contributed by atoms with Gasteiger partial charge in [0.2, 0.25) is 0 Å². The van der Waals surface area contributed by atoms with Gasteiger partial charge in [0.15, 0.2) is 11.5 Å². The largest absolute Gasteiger partial charge is 0.504 e. The van der Waals surface area contributed by atoms with Gasteiger partial charge in [-0.15, -0.1) is 0 Å². The fourth-order valence-corrected chi connectivity index (χ4v) is 3.42. The van der Waals surface area contributed by atoms with Crippen molar-refractivity contribution in [2.75, 3.05) is 20.8 Å². The highest BCUT2D eigenvalue weighted by Gasteiger charge is 2.37. The van der Waals surface area contributed by atoms with E-state index in [0.717, 1.165) is 5.56 Å². The van der Waals surface area contributed by atoms with Crippen molar-refractivity contribution in [3.05, 3.63) is 70.4 Å². The minimum absolute atomic E-state index is 0.0971. The third kappa shape index (κ3) is 4.40. The number of ether oxygens (including phenoxy) is 3. The zero-order valence-corrected chi connectivity index (χ0v) is 18.0. The van der Waals surface area contributed by atoms with E-state index in [4.69, 9.17) is 14.2 Å². The molecule has 0 unspecified atom stereocenters. The Labute approximate surface area is 181 Å². The van der Waals surface area contributed by atoms with Crippen LogP contribution in [0.2, 0.25) is 0 Å². The molecular weight excluding hydrogens is 398 g/mol. The summed E-state index contributed by atoms with van der Waals surface area (Å²) in [6, 6.07) is 12.3. The maximum absolute atomic E-state index is 13.3. The van der Waals surface area contributed by atoms with Gasteiger partial charge in [-0.2, -0.15) is 0 Å². The van der Waals surface area contributed by atoms with Crippen molar-refractivity contribution in [1.29, 1.82) is 0 Å². The Balaban J connectivity index is 2.02. The molecule has 7 heteroatoms. The number of nitrogens with zero attached hydrogens (tertiary/aromatic N) is 1. The molecule has 0 atom stereocenters. The number of hydrogen-bond acceptors (Lipinski definition) is 6. The van der Waals surface area contributed by atoms with Gasteiger partial charge >= 0.3 is 5.97 Å². The number of aromatic hydroxyl groups is 1. The third-order valence-electron chi connectivity index (χ3n) is 5.03. The summed E-state index contributed by atoms with van der Waals surface area (Å²) in [5.41, 5.74) is 2.05. The van der Waals surface area contributed by atoms with Gasteiger partial charge in [-0.1, -0.05) is 24.3 Å². The molecule has 0 saturated heterocycles. The first-order chi connectivity index (χ1) is 14.9. The van der Waals surface area contributed by atoms with Crippen molar-refractivity contribution in [3.63, 3.8) is 0 Å². The van der Waals surface area contributed by atoms with Crippen molar-refractivity contribution in [2.45, 2.75) is 20.4 Å². The van der Waals surface area contributed by atoms with Crippen LogP contribution in [0, 0.1) is 0 Å². The monoisotopic (exact) mass is 423 g/mol. The molecule has 0 fully saturated rings. The number of rotatable bonds is 7. The Morgan fingerprint density at radius 3 is 2.45 bits per heavy atom. The molecule has 31 heavy (non-hydrogen) atoms. The molecule has 2 aromatic carbocycles. The maximum Gasteiger partial charge on any atom is 0.340 e. The first-order valence-corrected chi connectivity index (χ1v) is 9.82. The first kappa shape index (κ1) is 22.0. The summed E-state index contributed by atoms with van der Waals surface area (Å²) < 4.78 is 15.5. The predicted octanol–water partition coefficient (Wildman–Crippen LogP) is 3.67. The molecule has 0 radical (unpaired) electrons. The molecule has 0 spiro atoms. The Morgan fingerprint density at radius 1 is 1.13 bits per heavy atom. The number of methoxy groups -OCH3 is 2. The van der Waals surface area contributed by atoms with Crippen LogP contribution in [0.5, 0.6) is 17.2 Å². The second-order valence-corrected chi connectivity index (χ2v) is 6.88. The molecule has 0 aromatic heterocycles. The lowest BCUT2D eigenvalue weighted by atomic mass is 10.0. The van der Waals surface area contributed by atoms with Crippen LogP contribution in [0.4, 0.5) is 0 Å². The molecule has 2 aromatic rings. The van der Waals surface area contributed by atoms with E-state index in [1.807, 2.05) is 31.2 Å². The van der Waals surface area contributed by atoms with Crippen LogP contribution in [-0.4, -0.2) is 42.7 Å². The number of benzene rings is 2. The van der Waals surface area contributed by atoms with Gasteiger partial charge in [0.1, 0.15) is 5.75 Å². The van der Waals surface area contributed by atoms with Gasteiger partial charge in [0.05, 0.1) is 38.5 Å². The van der Waals surface area contributed by atoms with Crippen molar-refractivity contribution >= 4 is 18.0 Å². The van der Waals surface area contributed by atoms with Gasteiger partial charge in [0, 0.05) is 11.3 Å². The maximum atomic E-state index is 13.3. The van der Waals surface area contributed by atoms with Gasteiger partial charge in [-0.25, -0.2) is 4.79 Å². The van der Waals surface area contributed by atoms with Crippen molar-refractivity contribution in [3.8, 4) is 17.2 Å². The summed E-state index contributed by atoms with van der Waals surface area (Å²) >= 11 is 0. The molecule has 1 N–H and O–H groups in total. The molecular formula is C24H25NO6. The van der Waals surface area contributed by atoms with Gasteiger partial charge in [0.25, 0.3) is 5.91 Å². The second-order valence-electron chi connectivity index (χ2n) is 6.88. The smallest absolute Gasteiger partial charge is 0.340 e. The van der Waals surface area contributed by atoms with Gasteiger partial charge in [-0.05, 0) is 43.7 Å². The Morgan fingerprint density at radius 2 is 1.84 bits per heavy atom. The zero-order valence-electron chi connectivity index (χ0n) is 18.0. The number of carbonyl (C=O) groups is 2. The number of amides is 1. The van der Waals surface area contributed by atoms with Gasteiger partial charge in [-0.3, -0.25) is 4.79 Å². The van der Waals surface area contributed by atoms with E-state index in [0.29, 0.717) is 29.4 Å². The number of phenols is 1. The average molecular weight is 423 g/mol. The molecule has 1 aliphatic rings. The van der Waals surface area contributed by atoms with Crippen LogP contribution >= 0.6 is 0 Å². The summed E-state index contributed by atoms with van der Waals surface area (Å²) in [7, 11) is 2.85. The fourth-order valence-electron chi connectivity index (χ4n) is 3.42. The predicted molar refractivity (Wildman–Crippen MR) is 116 cm³/mol. The summed E-state index contributed by atoms with van der Waals surface area (Å²) in [5.74, 6) is -0.0493. The van der Waals surface area contributed by atoms with E-state index >= 15 is 0 Å². The molecule has 1 aliphatic heterocycles. The van der Waals surface area contributed by atoms with Crippen molar-refractivity contribution < 1.29 is 28.9 Å². The third-order valence-corrected chi connectivity index (χ3v) is 5.03. The molecule has 0 aliphatic carbocycles. The SMILES string of the molecule is CCOc1cccc(/C=C2\C(=O)N(Cc3ccc(OC)cc3)C(C)=C2C(=O)OC)c1O. The van der Waals surface area contributed by atoms with Crippen LogP contribution in [-0.2, 0) is 20.9 Å². The standard InChI is InChI=1S/C24H25NO6/c1-5-31-20-8-6-7-17(22(20)26)13-19-21(24(28)30-4)15(2)25(23(19)27)14-16-9-11-18(29-3)12-10-16/h6-13,26H,5,14H2,1-4H3/b19-13-. The highest BCUT2D eigenvalue weighted by Crippen LogP contribution is 2.36. The number of allylic oxidation sites excluding steroid dienone is 1. The van der Waals surface area contributed by atoms with E-state index < -0.39 is 5.97 Å². The molecule has 0 saturated carbocycles. The number of hydrogen-bond donors (Lipinski definition) is 1. The molecule has 7 nitrogen and oxygen atoms in total. The zero-order chi connectivity index (χ0) is 22.5. The van der Waals surface area contributed by atoms with E-state index in [1.165, 1.54) is 18.1 Å². The number of carbonyl (C=O) groups excluding carboxylic acids is 2. The summed E-state index contributed by atoms with van der Waals surface area (Å²) in [5, 5.41) is 10.5. The van der Waals surface area contributed by atoms with Crippen molar-refractivity contribution in [1.82, 2.24) is 4.90 Å². The van der Waals surface area contributed by atoms with E-state index in [-0.39, 0.29) is 29.3 Å².